The van der Waals surface area contributed by atoms with Gasteiger partial charge in [0.2, 0.25) is 10.0 Å². The van der Waals surface area contributed by atoms with Gasteiger partial charge in [0.15, 0.2) is 4.90 Å². The molecule has 1 heterocycles. The van der Waals surface area contributed by atoms with Crippen molar-refractivity contribution in [1.29, 1.82) is 0 Å². The Morgan fingerprint density at radius 1 is 1.19 bits per heavy atom. The number of thiophene rings is 1. The van der Waals surface area contributed by atoms with Gasteiger partial charge in [-0.3, -0.25) is 10.1 Å². The van der Waals surface area contributed by atoms with Crippen LogP contribution < -0.4 is 9.46 Å². The van der Waals surface area contributed by atoms with Gasteiger partial charge in [0.05, 0.1) is 18.1 Å². The van der Waals surface area contributed by atoms with Crippen LogP contribution in [0.2, 0.25) is 0 Å². The lowest BCUT2D eigenvalue weighted by atomic mass is 10.3. The minimum Gasteiger partial charge on any atom is -0.497 e. The molecule has 0 bridgehead atoms. The van der Waals surface area contributed by atoms with Crippen LogP contribution in [0.3, 0.4) is 0 Å². The van der Waals surface area contributed by atoms with E-state index in [9.17, 15) is 26.9 Å². The van der Waals surface area contributed by atoms with Gasteiger partial charge >= 0.3 is 0 Å². The van der Waals surface area contributed by atoms with E-state index in [1.54, 1.807) is 0 Å². The van der Waals surface area contributed by atoms with E-state index in [4.69, 9.17) is 4.74 Å². The summed E-state index contributed by atoms with van der Waals surface area (Å²) in [5.74, 6) is 0.150. The van der Waals surface area contributed by atoms with Gasteiger partial charge in [-0.1, -0.05) is 0 Å². The molecule has 1 aromatic carbocycles. The summed E-state index contributed by atoms with van der Waals surface area (Å²) >= 11 is 0.910. The van der Waals surface area contributed by atoms with E-state index < -0.39 is 35.6 Å². The topological polar surface area (TPSA) is 136 Å². The summed E-state index contributed by atoms with van der Waals surface area (Å²) in [6.07, 6.45) is 0. The van der Waals surface area contributed by atoms with Crippen LogP contribution in [-0.2, 0) is 26.6 Å². The van der Waals surface area contributed by atoms with E-state index in [1.807, 2.05) is 0 Å². The van der Waals surface area contributed by atoms with Crippen LogP contribution in [0.5, 0.6) is 5.75 Å². The number of methoxy groups -OCH3 is 1. The molecular formula is C14H17N3O7S3. The number of nitrogens with one attached hydrogen (secondary N) is 1. The third-order valence-electron chi connectivity index (χ3n) is 3.46. The second kappa shape index (κ2) is 7.90. The Labute approximate surface area is 160 Å². The van der Waals surface area contributed by atoms with Crippen molar-refractivity contribution in [2.45, 2.75) is 15.6 Å². The number of rotatable bonds is 8. The van der Waals surface area contributed by atoms with Crippen LogP contribution in [0.15, 0.2) is 39.4 Å². The molecule has 2 rings (SSSR count). The van der Waals surface area contributed by atoms with Gasteiger partial charge in [-0.05, 0) is 24.3 Å². The second-order valence-corrected chi connectivity index (χ2v) is 10.7. The van der Waals surface area contributed by atoms with Crippen molar-refractivity contribution in [2.75, 3.05) is 21.2 Å². The Hall–Kier alpha value is -2.06. The molecule has 0 fully saturated rings. The monoisotopic (exact) mass is 435 g/mol. The Morgan fingerprint density at radius 2 is 1.85 bits per heavy atom. The molecule has 1 N–H and O–H groups in total. The first kappa shape index (κ1) is 21.2. The van der Waals surface area contributed by atoms with E-state index in [0.29, 0.717) is 4.88 Å². The smallest absolute Gasteiger partial charge is 0.293 e. The maximum Gasteiger partial charge on any atom is 0.293 e. The van der Waals surface area contributed by atoms with Crippen molar-refractivity contribution in [3.05, 3.63) is 45.3 Å². The van der Waals surface area contributed by atoms with Gasteiger partial charge in [0.25, 0.3) is 15.7 Å². The molecule has 0 aliphatic carbocycles. The lowest BCUT2D eigenvalue weighted by Gasteiger charge is -2.09. The Bertz CT molecular complexity index is 1060. The van der Waals surface area contributed by atoms with Crippen LogP contribution in [0.1, 0.15) is 4.88 Å². The van der Waals surface area contributed by atoms with Crippen molar-refractivity contribution >= 4 is 37.1 Å². The summed E-state index contributed by atoms with van der Waals surface area (Å²) in [7, 11) is -3.73. The molecule has 0 saturated heterocycles. The summed E-state index contributed by atoms with van der Waals surface area (Å²) in [6, 6.07) is 6.25. The maximum absolute atomic E-state index is 12.5. The molecule has 27 heavy (non-hydrogen) atoms. The zero-order valence-electron chi connectivity index (χ0n) is 14.6. The standard InChI is InChI=1S/C14H17N3O7S3/c1-16(2)27(22,23)14-7-5-11(25-14)9-15-26(20,21)13-6-4-10(24-3)8-12(13)17(18)19/h4-8,15H,9H2,1-3H3. The first-order valence-corrected chi connectivity index (χ1v) is 11.1. The normalized spacial score (nSPS) is 12.3. The summed E-state index contributed by atoms with van der Waals surface area (Å²) in [4.78, 5) is 10.3. The molecule has 13 heteroatoms. The zero-order valence-corrected chi connectivity index (χ0v) is 17.0. The SMILES string of the molecule is COc1ccc(S(=O)(=O)NCc2ccc(S(=O)(=O)N(C)C)s2)c([N+](=O)[O-])c1. The number of nitro groups is 1. The number of benzene rings is 1. The number of sulfonamides is 2. The predicted molar refractivity (Wildman–Crippen MR) is 98.9 cm³/mol. The van der Waals surface area contributed by atoms with Gasteiger partial charge < -0.3 is 4.74 Å². The average molecular weight is 436 g/mol. The molecule has 1 aromatic heterocycles. The number of nitrogens with zero attached hydrogens (tertiary/aromatic N) is 2. The largest absolute Gasteiger partial charge is 0.497 e. The lowest BCUT2D eigenvalue weighted by molar-refractivity contribution is -0.387. The number of nitro benzene ring substituents is 1. The van der Waals surface area contributed by atoms with E-state index in [0.717, 1.165) is 27.8 Å². The van der Waals surface area contributed by atoms with Crippen LogP contribution in [-0.4, -0.2) is 47.3 Å². The Kier molecular flexibility index (Phi) is 6.21. The molecule has 0 saturated carbocycles. The first-order chi connectivity index (χ1) is 12.5. The van der Waals surface area contributed by atoms with Crippen LogP contribution in [0, 0.1) is 10.1 Å². The average Bonchev–Trinajstić information content (AvgIpc) is 3.09. The summed E-state index contributed by atoms with van der Waals surface area (Å²) in [5.41, 5.74) is -0.621. The molecule has 0 atom stereocenters. The van der Waals surface area contributed by atoms with Crippen LogP contribution in [0.4, 0.5) is 5.69 Å². The van der Waals surface area contributed by atoms with Crippen LogP contribution >= 0.6 is 11.3 Å². The van der Waals surface area contributed by atoms with Crippen molar-refractivity contribution in [2.24, 2.45) is 0 Å². The Balaban J connectivity index is 2.26. The molecule has 0 amide bonds. The molecule has 2 aromatic rings. The molecule has 0 aliphatic rings. The Morgan fingerprint density at radius 3 is 2.41 bits per heavy atom. The van der Waals surface area contributed by atoms with Gasteiger partial charge in [-0.2, -0.15) is 0 Å². The third kappa shape index (κ3) is 4.62. The van der Waals surface area contributed by atoms with Gasteiger partial charge in [0, 0.05) is 25.5 Å². The molecule has 0 aliphatic heterocycles. The first-order valence-electron chi connectivity index (χ1n) is 7.32. The number of hydrogen-bond acceptors (Lipinski definition) is 8. The second-order valence-electron chi connectivity index (χ2n) is 5.42. The lowest BCUT2D eigenvalue weighted by Crippen LogP contribution is -2.23. The molecule has 0 unspecified atom stereocenters. The van der Waals surface area contributed by atoms with E-state index in [-0.39, 0.29) is 16.5 Å². The van der Waals surface area contributed by atoms with E-state index >= 15 is 0 Å². The predicted octanol–water partition coefficient (Wildman–Crippen LogP) is 1.39. The molecule has 0 radical (unpaired) electrons. The third-order valence-corrected chi connectivity index (χ3v) is 8.28. The highest BCUT2D eigenvalue weighted by atomic mass is 32.2. The maximum atomic E-state index is 12.5. The minimum absolute atomic E-state index is 0.0668. The van der Waals surface area contributed by atoms with Gasteiger partial charge in [-0.25, -0.2) is 25.9 Å². The van der Waals surface area contributed by atoms with Crippen molar-refractivity contribution < 1.29 is 26.5 Å². The number of ether oxygens (including phenoxy) is 1. The summed E-state index contributed by atoms with van der Waals surface area (Å²) < 4.78 is 57.3. The van der Waals surface area contributed by atoms with Crippen molar-refractivity contribution in [3.8, 4) is 5.75 Å². The van der Waals surface area contributed by atoms with Crippen LogP contribution in [0.25, 0.3) is 0 Å². The fourth-order valence-corrected chi connectivity index (χ4v) is 5.72. The fraction of sp³-hybridized carbons (Fsp3) is 0.286. The quantitative estimate of drug-likeness (QED) is 0.489. The van der Waals surface area contributed by atoms with Crippen molar-refractivity contribution in [1.82, 2.24) is 9.03 Å². The molecule has 10 nitrogen and oxygen atoms in total. The van der Waals surface area contributed by atoms with E-state index in [2.05, 4.69) is 4.72 Å². The highest BCUT2D eigenvalue weighted by molar-refractivity contribution is 7.91. The zero-order chi connectivity index (χ0) is 20.4. The van der Waals surface area contributed by atoms with Crippen molar-refractivity contribution in [3.63, 3.8) is 0 Å². The van der Waals surface area contributed by atoms with Gasteiger partial charge in [0.1, 0.15) is 9.96 Å². The highest BCUT2D eigenvalue weighted by Gasteiger charge is 2.27. The van der Waals surface area contributed by atoms with Gasteiger partial charge in [-0.15, -0.1) is 11.3 Å². The fourth-order valence-electron chi connectivity index (χ4n) is 2.01. The summed E-state index contributed by atoms with van der Waals surface area (Å²) in [6.45, 7) is -0.209. The highest BCUT2D eigenvalue weighted by Crippen LogP contribution is 2.29. The molecule has 0 spiro atoms. The molecule has 148 valence electrons. The summed E-state index contributed by atoms with van der Waals surface area (Å²) in [5, 5.41) is 11.2. The molecular weight excluding hydrogens is 418 g/mol. The minimum atomic E-state index is -4.20. The van der Waals surface area contributed by atoms with E-state index in [1.165, 1.54) is 39.4 Å². The number of hydrogen-bond donors (Lipinski definition) is 1.